The summed E-state index contributed by atoms with van der Waals surface area (Å²) in [7, 11) is 1.61. The number of benzene rings is 2. The van der Waals surface area contributed by atoms with E-state index in [0.717, 1.165) is 22.0 Å². The van der Waals surface area contributed by atoms with Gasteiger partial charge in [0.2, 0.25) is 5.82 Å². The predicted octanol–water partition coefficient (Wildman–Crippen LogP) is 2.79. The first-order valence-corrected chi connectivity index (χ1v) is 7.67. The lowest BCUT2D eigenvalue weighted by molar-refractivity contribution is -0.391. The maximum atomic E-state index is 10.9. The Labute approximate surface area is 142 Å². The first-order valence-electron chi connectivity index (χ1n) is 7.67. The average molecular weight is 334 g/mol. The van der Waals surface area contributed by atoms with Gasteiger partial charge in [0.25, 0.3) is 0 Å². The van der Waals surface area contributed by atoms with Gasteiger partial charge in [-0.25, -0.2) is 14.2 Å². The van der Waals surface area contributed by atoms with Crippen molar-refractivity contribution in [3.05, 3.63) is 70.8 Å². The van der Waals surface area contributed by atoms with Crippen LogP contribution in [0.15, 0.2) is 54.9 Å². The molecule has 0 bridgehead atoms. The molecule has 0 unspecified atom stereocenters. The molecular formula is C17H14N6O2. The average Bonchev–Trinajstić information content (AvgIpc) is 3.22. The summed E-state index contributed by atoms with van der Waals surface area (Å²) in [5, 5.41) is 21.5. The standard InChI is InChI=1S/C17H14N6O2/c1-21-16(18-9-17(21)23(24)25)11-22-10-15(19-20-22)14-8-4-6-12-5-2-3-7-13(12)14/h2-10H,11H2,1H3. The van der Waals surface area contributed by atoms with Gasteiger partial charge in [0.1, 0.15) is 18.4 Å². The van der Waals surface area contributed by atoms with Crippen LogP contribution in [0.4, 0.5) is 5.82 Å². The largest absolute Gasteiger partial charge is 0.358 e. The van der Waals surface area contributed by atoms with E-state index in [4.69, 9.17) is 0 Å². The third-order valence-corrected chi connectivity index (χ3v) is 4.15. The molecule has 25 heavy (non-hydrogen) atoms. The van der Waals surface area contributed by atoms with Crippen LogP contribution >= 0.6 is 0 Å². The molecule has 0 saturated heterocycles. The lowest BCUT2D eigenvalue weighted by Gasteiger charge is -2.02. The van der Waals surface area contributed by atoms with E-state index in [1.807, 2.05) is 36.5 Å². The number of nitro groups is 1. The van der Waals surface area contributed by atoms with Gasteiger partial charge in [0.05, 0.1) is 13.2 Å². The van der Waals surface area contributed by atoms with Crippen molar-refractivity contribution in [2.24, 2.45) is 7.05 Å². The number of hydrogen-bond donors (Lipinski definition) is 0. The highest BCUT2D eigenvalue weighted by molar-refractivity contribution is 5.95. The van der Waals surface area contributed by atoms with Crippen LogP contribution in [0.25, 0.3) is 22.0 Å². The van der Waals surface area contributed by atoms with Gasteiger partial charge >= 0.3 is 5.82 Å². The number of rotatable bonds is 4. The van der Waals surface area contributed by atoms with Crippen molar-refractivity contribution >= 4 is 16.6 Å². The summed E-state index contributed by atoms with van der Waals surface area (Å²) in [5.41, 5.74) is 1.75. The van der Waals surface area contributed by atoms with Crippen molar-refractivity contribution in [2.75, 3.05) is 0 Å². The third-order valence-electron chi connectivity index (χ3n) is 4.15. The first kappa shape index (κ1) is 15.0. The molecule has 0 aliphatic rings. The molecule has 0 aliphatic carbocycles. The molecule has 0 amide bonds. The van der Waals surface area contributed by atoms with E-state index in [1.165, 1.54) is 10.8 Å². The van der Waals surface area contributed by atoms with Gasteiger partial charge in [0.15, 0.2) is 0 Å². The smallest absolute Gasteiger partial charge is 0.342 e. The molecule has 0 fully saturated rings. The molecule has 0 N–H and O–H groups in total. The molecular weight excluding hydrogens is 320 g/mol. The van der Waals surface area contributed by atoms with Gasteiger partial charge < -0.3 is 10.1 Å². The molecule has 0 atom stereocenters. The van der Waals surface area contributed by atoms with Gasteiger partial charge in [-0.2, -0.15) is 0 Å². The van der Waals surface area contributed by atoms with Crippen LogP contribution in [0.2, 0.25) is 0 Å². The fourth-order valence-electron chi connectivity index (χ4n) is 2.85. The summed E-state index contributed by atoms with van der Waals surface area (Å²) in [6.45, 7) is 0.308. The lowest BCUT2D eigenvalue weighted by atomic mass is 10.0. The normalized spacial score (nSPS) is 11.1. The number of fused-ring (bicyclic) bond motifs is 1. The quantitative estimate of drug-likeness (QED) is 0.423. The first-order chi connectivity index (χ1) is 12.1. The summed E-state index contributed by atoms with van der Waals surface area (Å²) < 4.78 is 3.07. The highest BCUT2D eigenvalue weighted by atomic mass is 16.6. The molecule has 2 aromatic heterocycles. The maximum Gasteiger partial charge on any atom is 0.342 e. The Balaban J connectivity index is 1.67. The van der Waals surface area contributed by atoms with Gasteiger partial charge in [-0.15, -0.1) is 5.10 Å². The molecule has 2 heterocycles. The van der Waals surface area contributed by atoms with Crippen LogP contribution in [-0.2, 0) is 13.6 Å². The van der Waals surface area contributed by atoms with Crippen LogP contribution in [0, 0.1) is 10.1 Å². The van der Waals surface area contributed by atoms with Crippen molar-refractivity contribution in [1.82, 2.24) is 24.5 Å². The Morgan fingerprint density at radius 1 is 1.16 bits per heavy atom. The Hall–Kier alpha value is -3.55. The van der Waals surface area contributed by atoms with Crippen LogP contribution in [-0.4, -0.2) is 29.5 Å². The van der Waals surface area contributed by atoms with Crippen LogP contribution < -0.4 is 0 Å². The van der Waals surface area contributed by atoms with Gasteiger partial charge in [-0.1, -0.05) is 47.7 Å². The maximum absolute atomic E-state index is 10.9. The fraction of sp³-hybridized carbons (Fsp3) is 0.118. The molecule has 8 nitrogen and oxygen atoms in total. The van der Waals surface area contributed by atoms with Crippen molar-refractivity contribution in [2.45, 2.75) is 6.54 Å². The molecule has 0 radical (unpaired) electrons. The summed E-state index contributed by atoms with van der Waals surface area (Å²) in [6, 6.07) is 14.1. The van der Waals surface area contributed by atoms with Crippen LogP contribution in [0.1, 0.15) is 5.82 Å². The van der Waals surface area contributed by atoms with E-state index in [9.17, 15) is 10.1 Å². The summed E-state index contributed by atoms with van der Waals surface area (Å²) in [4.78, 5) is 14.5. The monoisotopic (exact) mass is 334 g/mol. The van der Waals surface area contributed by atoms with Gasteiger partial charge in [-0.05, 0) is 15.7 Å². The van der Waals surface area contributed by atoms with E-state index >= 15 is 0 Å². The number of aromatic nitrogens is 5. The second-order valence-corrected chi connectivity index (χ2v) is 5.68. The molecule has 0 aliphatic heterocycles. The number of nitrogens with zero attached hydrogens (tertiary/aromatic N) is 6. The molecule has 0 saturated carbocycles. The molecule has 4 rings (SSSR count). The second kappa shape index (κ2) is 5.82. The van der Waals surface area contributed by atoms with E-state index in [-0.39, 0.29) is 5.82 Å². The SMILES string of the molecule is Cn1c([N+](=O)[O-])cnc1Cn1cc(-c2cccc3ccccc23)nn1. The van der Waals surface area contributed by atoms with Gasteiger partial charge in [0, 0.05) is 5.56 Å². The van der Waals surface area contributed by atoms with Gasteiger partial charge in [-0.3, -0.25) is 0 Å². The van der Waals surface area contributed by atoms with Crippen molar-refractivity contribution in [3.63, 3.8) is 0 Å². The Morgan fingerprint density at radius 3 is 2.76 bits per heavy atom. The number of imidazole rings is 1. The highest BCUT2D eigenvalue weighted by Crippen LogP contribution is 2.26. The Kier molecular flexibility index (Phi) is 3.50. The fourth-order valence-corrected chi connectivity index (χ4v) is 2.85. The second-order valence-electron chi connectivity index (χ2n) is 5.68. The van der Waals surface area contributed by atoms with Crippen LogP contribution in [0.5, 0.6) is 0 Å². The molecule has 8 heteroatoms. The van der Waals surface area contributed by atoms with E-state index < -0.39 is 4.92 Å². The zero-order chi connectivity index (χ0) is 17.4. The molecule has 4 aromatic rings. The minimum absolute atomic E-state index is 0.0515. The number of hydrogen-bond acceptors (Lipinski definition) is 5. The van der Waals surface area contributed by atoms with E-state index in [2.05, 4.69) is 27.4 Å². The predicted molar refractivity (Wildman–Crippen MR) is 91.9 cm³/mol. The summed E-state index contributed by atoms with van der Waals surface area (Å²) in [6.07, 6.45) is 3.07. The zero-order valence-electron chi connectivity index (χ0n) is 13.4. The molecule has 2 aromatic carbocycles. The third kappa shape index (κ3) is 2.63. The minimum atomic E-state index is -0.459. The molecule has 0 spiro atoms. The van der Waals surface area contributed by atoms with Crippen molar-refractivity contribution < 1.29 is 4.92 Å². The summed E-state index contributed by atoms with van der Waals surface area (Å²) in [5.74, 6) is 0.491. The Morgan fingerprint density at radius 2 is 1.96 bits per heavy atom. The highest BCUT2D eigenvalue weighted by Gasteiger charge is 2.17. The van der Waals surface area contributed by atoms with Crippen molar-refractivity contribution in [3.8, 4) is 11.3 Å². The minimum Gasteiger partial charge on any atom is -0.358 e. The lowest BCUT2D eigenvalue weighted by Crippen LogP contribution is -2.08. The topological polar surface area (TPSA) is 91.7 Å². The zero-order valence-corrected chi connectivity index (χ0v) is 13.4. The molecule has 124 valence electrons. The van der Waals surface area contributed by atoms with E-state index in [0.29, 0.717) is 12.4 Å². The van der Waals surface area contributed by atoms with E-state index in [1.54, 1.807) is 11.7 Å². The van der Waals surface area contributed by atoms with Crippen molar-refractivity contribution in [1.29, 1.82) is 0 Å². The van der Waals surface area contributed by atoms with Crippen LogP contribution in [0.3, 0.4) is 0 Å². The summed E-state index contributed by atoms with van der Waals surface area (Å²) >= 11 is 0. The Bertz CT molecular complexity index is 1080.